The maximum Gasteiger partial charge on any atom is 0.276 e. The van der Waals surface area contributed by atoms with Crippen LogP contribution < -0.4 is 5.73 Å². The number of nitrogens with one attached hydrogen (secondary N) is 1. The molecule has 0 unspecified atom stereocenters. The number of hydrogen-bond donors (Lipinski definition) is 2. The second-order valence-electron chi connectivity index (χ2n) is 5.81. The number of rotatable bonds is 7. The summed E-state index contributed by atoms with van der Waals surface area (Å²) in [7, 11) is 1.63. The Kier molecular flexibility index (Phi) is 4.65. The van der Waals surface area contributed by atoms with E-state index in [9.17, 15) is 4.79 Å². The Morgan fingerprint density at radius 2 is 2.25 bits per heavy atom. The number of nitrogen functional groups attached to an aromatic ring is 1. The highest BCUT2D eigenvalue weighted by atomic mass is 16.5. The summed E-state index contributed by atoms with van der Waals surface area (Å²) in [5, 5.41) is 7.06. The Bertz CT molecular complexity index is 466. The van der Waals surface area contributed by atoms with Crippen LogP contribution >= 0.6 is 0 Å². The molecular weight excluding hydrogens is 256 g/mol. The molecule has 0 radical (unpaired) electrons. The molecule has 1 aromatic rings. The summed E-state index contributed by atoms with van der Waals surface area (Å²) in [6.45, 7) is 5.90. The van der Waals surface area contributed by atoms with Gasteiger partial charge in [-0.1, -0.05) is 13.8 Å². The smallest absolute Gasteiger partial charge is 0.276 e. The quantitative estimate of drug-likeness (QED) is 0.794. The number of aromatic amines is 1. The number of H-pyrrole nitrogens is 1. The molecule has 0 aromatic carbocycles. The van der Waals surface area contributed by atoms with Crippen molar-refractivity contribution in [3.8, 4) is 0 Å². The normalized spacial score (nSPS) is 14.8. The van der Waals surface area contributed by atoms with E-state index in [-0.39, 0.29) is 5.91 Å². The predicted molar refractivity (Wildman–Crippen MR) is 77.6 cm³/mol. The van der Waals surface area contributed by atoms with Gasteiger partial charge in [-0.25, -0.2) is 0 Å². The number of ether oxygens (including phenoxy) is 1. The number of anilines is 1. The number of methoxy groups -OCH3 is 1. The van der Waals surface area contributed by atoms with E-state index < -0.39 is 0 Å². The molecule has 0 bridgehead atoms. The SMILES string of the molecule is COCCN(CC(C)C)C(=O)c1n[nH]c(C2CC2)c1N. The third-order valence-corrected chi connectivity index (χ3v) is 3.46. The van der Waals surface area contributed by atoms with Crippen molar-refractivity contribution in [1.82, 2.24) is 15.1 Å². The number of carbonyl (C=O) groups is 1. The zero-order chi connectivity index (χ0) is 14.7. The van der Waals surface area contributed by atoms with Crippen LogP contribution in [0.2, 0.25) is 0 Å². The fraction of sp³-hybridized carbons (Fsp3) is 0.714. The van der Waals surface area contributed by atoms with Crippen LogP contribution in [0.4, 0.5) is 5.69 Å². The molecule has 1 fully saturated rings. The minimum absolute atomic E-state index is 0.114. The van der Waals surface area contributed by atoms with E-state index in [1.807, 2.05) is 0 Å². The first-order chi connectivity index (χ1) is 9.54. The molecule has 6 heteroatoms. The van der Waals surface area contributed by atoms with Gasteiger partial charge in [0.1, 0.15) is 0 Å². The van der Waals surface area contributed by atoms with Crippen molar-refractivity contribution in [1.29, 1.82) is 0 Å². The topological polar surface area (TPSA) is 84.2 Å². The zero-order valence-electron chi connectivity index (χ0n) is 12.5. The summed E-state index contributed by atoms with van der Waals surface area (Å²) in [4.78, 5) is 14.3. The maximum absolute atomic E-state index is 12.6. The van der Waals surface area contributed by atoms with E-state index >= 15 is 0 Å². The molecule has 6 nitrogen and oxygen atoms in total. The predicted octanol–water partition coefficient (Wildman–Crippen LogP) is 1.61. The number of nitrogens with zero attached hydrogens (tertiary/aromatic N) is 2. The average molecular weight is 280 g/mol. The summed E-state index contributed by atoms with van der Waals surface area (Å²) < 4.78 is 5.07. The number of aromatic nitrogens is 2. The molecule has 0 atom stereocenters. The van der Waals surface area contributed by atoms with E-state index in [0.29, 0.717) is 42.9 Å². The first-order valence-electron chi connectivity index (χ1n) is 7.16. The highest BCUT2D eigenvalue weighted by Gasteiger charge is 2.31. The Morgan fingerprint density at radius 3 is 2.80 bits per heavy atom. The lowest BCUT2D eigenvalue weighted by Gasteiger charge is -2.23. The van der Waals surface area contributed by atoms with E-state index in [0.717, 1.165) is 18.5 Å². The third kappa shape index (κ3) is 3.30. The number of hydrogen-bond acceptors (Lipinski definition) is 4. The largest absolute Gasteiger partial charge is 0.395 e. The van der Waals surface area contributed by atoms with Gasteiger partial charge in [0, 0.05) is 26.1 Å². The Morgan fingerprint density at radius 1 is 1.55 bits per heavy atom. The molecule has 1 aliphatic rings. The number of carbonyl (C=O) groups excluding carboxylic acids is 1. The molecule has 1 saturated carbocycles. The van der Waals surface area contributed by atoms with Crippen molar-refractivity contribution in [2.45, 2.75) is 32.6 Å². The monoisotopic (exact) mass is 280 g/mol. The molecule has 1 amide bonds. The Balaban J connectivity index is 2.13. The third-order valence-electron chi connectivity index (χ3n) is 3.46. The standard InChI is InChI=1S/C14H24N4O2/c1-9(2)8-18(6-7-20-3)14(19)13-11(15)12(16-17-13)10-4-5-10/h9-10H,4-8,15H2,1-3H3,(H,16,17). The van der Waals surface area contributed by atoms with E-state index in [1.165, 1.54) is 0 Å². The van der Waals surface area contributed by atoms with Crippen LogP contribution in [-0.4, -0.2) is 47.8 Å². The molecule has 0 aliphatic heterocycles. The summed E-state index contributed by atoms with van der Waals surface area (Å²) in [5.41, 5.74) is 7.86. The van der Waals surface area contributed by atoms with Crippen LogP contribution in [0.1, 0.15) is 48.8 Å². The molecule has 0 spiro atoms. The summed E-state index contributed by atoms with van der Waals surface area (Å²) in [6.07, 6.45) is 2.25. The van der Waals surface area contributed by atoms with Crippen LogP contribution in [0.3, 0.4) is 0 Å². The summed E-state index contributed by atoms with van der Waals surface area (Å²) >= 11 is 0. The highest BCUT2D eigenvalue weighted by molar-refractivity contribution is 5.97. The van der Waals surface area contributed by atoms with Gasteiger partial charge in [0.2, 0.25) is 0 Å². The second-order valence-corrected chi connectivity index (χ2v) is 5.81. The minimum Gasteiger partial charge on any atom is -0.395 e. The number of nitrogens with two attached hydrogens (primary N) is 1. The molecule has 2 rings (SSSR count). The summed E-state index contributed by atoms with van der Waals surface area (Å²) in [6, 6.07) is 0. The maximum atomic E-state index is 12.6. The van der Waals surface area contributed by atoms with Crippen LogP contribution in [0.15, 0.2) is 0 Å². The van der Waals surface area contributed by atoms with Crippen LogP contribution in [-0.2, 0) is 4.74 Å². The highest BCUT2D eigenvalue weighted by Crippen LogP contribution is 2.42. The van der Waals surface area contributed by atoms with Gasteiger partial charge >= 0.3 is 0 Å². The van der Waals surface area contributed by atoms with Crippen molar-refractivity contribution in [3.05, 3.63) is 11.4 Å². The molecule has 3 N–H and O–H groups in total. The van der Waals surface area contributed by atoms with Gasteiger partial charge in [-0.2, -0.15) is 5.10 Å². The van der Waals surface area contributed by atoms with Crippen molar-refractivity contribution in [2.24, 2.45) is 5.92 Å². The van der Waals surface area contributed by atoms with Gasteiger partial charge in [-0.05, 0) is 18.8 Å². The van der Waals surface area contributed by atoms with Crippen molar-refractivity contribution < 1.29 is 9.53 Å². The summed E-state index contributed by atoms with van der Waals surface area (Å²) in [5.74, 6) is 0.733. The number of amides is 1. The van der Waals surface area contributed by atoms with Crippen LogP contribution in [0.5, 0.6) is 0 Å². The molecule has 0 saturated heterocycles. The van der Waals surface area contributed by atoms with Crippen molar-refractivity contribution >= 4 is 11.6 Å². The van der Waals surface area contributed by atoms with Crippen LogP contribution in [0, 0.1) is 5.92 Å². The fourth-order valence-corrected chi connectivity index (χ4v) is 2.28. The zero-order valence-corrected chi connectivity index (χ0v) is 12.5. The fourth-order valence-electron chi connectivity index (χ4n) is 2.28. The lowest BCUT2D eigenvalue weighted by atomic mass is 10.1. The first kappa shape index (κ1) is 14.8. The average Bonchev–Trinajstić information content (AvgIpc) is 3.17. The van der Waals surface area contributed by atoms with Gasteiger partial charge < -0.3 is 15.4 Å². The lowest BCUT2D eigenvalue weighted by molar-refractivity contribution is 0.0667. The van der Waals surface area contributed by atoms with Crippen LogP contribution in [0.25, 0.3) is 0 Å². The molecule has 112 valence electrons. The van der Waals surface area contributed by atoms with Crippen molar-refractivity contribution in [3.63, 3.8) is 0 Å². The van der Waals surface area contributed by atoms with Gasteiger partial charge in [0.05, 0.1) is 18.0 Å². The van der Waals surface area contributed by atoms with Gasteiger partial charge in [-0.15, -0.1) is 0 Å². The first-order valence-corrected chi connectivity index (χ1v) is 7.16. The van der Waals surface area contributed by atoms with Gasteiger partial charge in [0.15, 0.2) is 5.69 Å². The van der Waals surface area contributed by atoms with E-state index in [1.54, 1.807) is 12.0 Å². The lowest BCUT2D eigenvalue weighted by Crippen LogP contribution is -2.37. The van der Waals surface area contributed by atoms with Gasteiger partial charge in [0.25, 0.3) is 5.91 Å². The molecule has 1 aliphatic carbocycles. The molecule has 1 heterocycles. The molecule has 20 heavy (non-hydrogen) atoms. The van der Waals surface area contributed by atoms with Gasteiger partial charge in [-0.3, -0.25) is 9.89 Å². The van der Waals surface area contributed by atoms with E-state index in [2.05, 4.69) is 24.0 Å². The van der Waals surface area contributed by atoms with E-state index in [4.69, 9.17) is 10.5 Å². The molecule has 1 aromatic heterocycles. The Hall–Kier alpha value is -1.56. The van der Waals surface area contributed by atoms with Crippen molar-refractivity contribution in [2.75, 3.05) is 32.5 Å². The second kappa shape index (κ2) is 6.26. The molecular formula is C14H24N4O2. The Labute approximate surface area is 119 Å². The minimum atomic E-state index is -0.114.